The van der Waals surface area contributed by atoms with Crippen LogP contribution in [0.1, 0.15) is 48.7 Å². The van der Waals surface area contributed by atoms with Crippen molar-refractivity contribution >= 4 is 35.2 Å². The van der Waals surface area contributed by atoms with Crippen LogP contribution in [0.15, 0.2) is 48.5 Å². The van der Waals surface area contributed by atoms with Crippen LogP contribution in [0.5, 0.6) is 0 Å². The van der Waals surface area contributed by atoms with Gasteiger partial charge in [0.05, 0.1) is 6.42 Å². The Hall–Kier alpha value is -4.21. The van der Waals surface area contributed by atoms with Crippen molar-refractivity contribution in [1.29, 1.82) is 0 Å². The van der Waals surface area contributed by atoms with Crippen molar-refractivity contribution < 1.29 is 29.1 Å². The molecule has 2 unspecified atom stereocenters. The monoisotopic (exact) mass is 508 g/mol. The molecular formula is C27H32N4O6. The number of Topliss-reactive ketones (excluding diaryl/α,β-unsaturated/α-hetero) is 1. The molecule has 4 atom stereocenters. The number of amides is 3. The zero-order valence-electron chi connectivity index (χ0n) is 21.0. The predicted octanol–water partition coefficient (Wildman–Crippen LogP) is 1.64. The number of aliphatic carboxylic acids is 1. The molecule has 0 aromatic heterocycles. The molecule has 0 radical (unpaired) electrons. The summed E-state index contributed by atoms with van der Waals surface area (Å²) >= 11 is 0. The minimum absolute atomic E-state index is 0.0918. The highest BCUT2D eigenvalue weighted by molar-refractivity contribution is 6.04. The normalized spacial score (nSPS) is 16.4. The molecule has 0 bridgehead atoms. The summed E-state index contributed by atoms with van der Waals surface area (Å²) < 4.78 is 0. The van der Waals surface area contributed by atoms with Gasteiger partial charge in [-0.3, -0.25) is 19.2 Å². The SMILES string of the molecule is CC[C@H](C)[C@H](NC(=O)Cc1ccccc1)C(=O)NC(NC(C)=O)C(=O)c1ccc2c(c1)NC(C(=O)O)C2. The number of nitrogens with one attached hydrogen (secondary N) is 4. The van der Waals surface area contributed by atoms with Gasteiger partial charge in [0.2, 0.25) is 23.5 Å². The first-order valence-electron chi connectivity index (χ1n) is 12.2. The first-order valence-corrected chi connectivity index (χ1v) is 12.2. The van der Waals surface area contributed by atoms with Crippen molar-refractivity contribution in [3.05, 3.63) is 65.2 Å². The van der Waals surface area contributed by atoms with Gasteiger partial charge in [-0.05, 0) is 23.1 Å². The minimum atomic E-state index is -1.38. The maximum Gasteiger partial charge on any atom is 0.326 e. The summed E-state index contributed by atoms with van der Waals surface area (Å²) in [5.41, 5.74) is 2.24. The molecule has 5 N–H and O–H groups in total. The molecule has 196 valence electrons. The maximum absolute atomic E-state index is 13.3. The number of carbonyl (C=O) groups excluding carboxylic acids is 4. The van der Waals surface area contributed by atoms with E-state index in [4.69, 9.17) is 0 Å². The molecule has 1 aliphatic rings. The van der Waals surface area contributed by atoms with Gasteiger partial charge in [-0.1, -0.05) is 62.7 Å². The van der Waals surface area contributed by atoms with Crippen LogP contribution in [0.4, 0.5) is 5.69 Å². The zero-order valence-corrected chi connectivity index (χ0v) is 21.0. The quantitative estimate of drug-likeness (QED) is 0.228. The highest BCUT2D eigenvalue weighted by Crippen LogP contribution is 2.27. The summed E-state index contributed by atoms with van der Waals surface area (Å²) in [6.45, 7) is 4.92. The lowest BCUT2D eigenvalue weighted by atomic mass is 9.97. The molecule has 1 aliphatic heterocycles. The minimum Gasteiger partial charge on any atom is -0.480 e. The molecule has 2 aromatic rings. The largest absolute Gasteiger partial charge is 0.480 e. The lowest BCUT2D eigenvalue weighted by Gasteiger charge is -2.26. The Balaban J connectivity index is 1.76. The number of benzene rings is 2. The number of rotatable bonds is 11. The topological polar surface area (TPSA) is 154 Å². The van der Waals surface area contributed by atoms with E-state index in [2.05, 4.69) is 21.3 Å². The average Bonchev–Trinajstić information content (AvgIpc) is 3.30. The predicted molar refractivity (Wildman–Crippen MR) is 137 cm³/mol. The van der Waals surface area contributed by atoms with E-state index < -0.39 is 41.8 Å². The van der Waals surface area contributed by atoms with Crippen molar-refractivity contribution in [2.24, 2.45) is 5.92 Å². The van der Waals surface area contributed by atoms with Gasteiger partial charge in [0.15, 0.2) is 6.17 Å². The van der Waals surface area contributed by atoms with Crippen LogP contribution < -0.4 is 21.3 Å². The Morgan fingerprint density at radius 3 is 2.35 bits per heavy atom. The molecule has 0 spiro atoms. The fourth-order valence-corrected chi connectivity index (χ4v) is 4.13. The van der Waals surface area contributed by atoms with E-state index in [9.17, 15) is 29.1 Å². The van der Waals surface area contributed by atoms with Gasteiger partial charge < -0.3 is 26.4 Å². The van der Waals surface area contributed by atoms with Gasteiger partial charge in [-0.25, -0.2) is 4.79 Å². The molecule has 3 amide bonds. The second kappa shape index (κ2) is 12.2. The fraction of sp³-hybridized carbons (Fsp3) is 0.370. The van der Waals surface area contributed by atoms with E-state index in [1.54, 1.807) is 6.07 Å². The molecule has 0 saturated heterocycles. The van der Waals surface area contributed by atoms with Gasteiger partial charge in [0, 0.05) is 24.6 Å². The fourth-order valence-electron chi connectivity index (χ4n) is 4.13. The van der Waals surface area contributed by atoms with E-state index in [0.29, 0.717) is 12.1 Å². The Bertz CT molecular complexity index is 1180. The maximum atomic E-state index is 13.3. The van der Waals surface area contributed by atoms with Crippen LogP contribution in [0.2, 0.25) is 0 Å². The van der Waals surface area contributed by atoms with Crippen molar-refractivity contribution in [2.45, 2.75) is 58.3 Å². The van der Waals surface area contributed by atoms with Crippen LogP contribution in [0.3, 0.4) is 0 Å². The standard InChI is InChI=1S/C27H32N4O6/c1-4-15(2)23(30-22(33)12-17-8-6-5-7-9-17)26(35)31-25(28-16(3)32)24(34)19-11-10-18-13-21(27(36)37)29-20(18)14-19/h5-11,14-15,21,23,25,29H,4,12-13H2,1-3H3,(H,28,32)(H,30,33)(H,31,35)(H,36,37)/t15-,21?,23-,25?/m0/s1. The molecule has 10 nitrogen and oxygen atoms in total. The summed E-state index contributed by atoms with van der Waals surface area (Å²) in [6, 6.07) is 12.1. The summed E-state index contributed by atoms with van der Waals surface area (Å²) in [7, 11) is 0. The number of hydrogen-bond donors (Lipinski definition) is 5. The van der Waals surface area contributed by atoms with Crippen LogP contribution in [0.25, 0.3) is 0 Å². The summed E-state index contributed by atoms with van der Waals surface area (Å²) in [4.78, 5) is 62.4. The highest BCUT2D eigenvalue weighted by atomic mass is 16.4. The van der Waals surface area contributed by atoms with Crippen molar-refractivity contribution in [3.8, 4) is 0 Å². The third-order valence-electron chi connectivity index (χ3n) is 6.36. The Morgan fingerprint density at radius 2 is 1.73 bits per heavy atom. The second-order valence-electron chi connectivity index (χ2n) is 9.21. The smallest absolute Gasteiger partial charge is 0.326 e. The van der Waals surface area contributed by atoms with Crippen LogP contribution >= 0.6 is 0 Å². The van der Waals surface area contributed by atoms with E-state index in [1.807, 2.05) is 44.2 Å². The Kier molecular flexibility index (Phi) is 9.00. The number of ketones is 1. The van der Waals surface area contributed by atoms with E-state index in [-0.39, 0.29) is 30.2 Å². The molecule has 3 rings (SSSR count). The second-order valence-corrected chi connectivity index (χ2v) is 9.21. The summed E-state index contributed by atoms with van der Waals surface area (Å²) in [6.07, 6.45) is -0.417. The number of hydrogen-bond acceptors (Lipinski definition) is 6. The molecule has 0 aliphatic carbocycles. The molecular weight excluding hydrogens is 476 g/mol. The number of anilines is 1. The van der Waals surface area contributed by atoms with E-state index in [1.165, 1.54) is 19.1 Å². The molecule has 0 saturated carbocycles. The Morgan fingerprint density at radius 1 is 1.03 bits per heavy atom. The van der Waals surface area contributed by atoms with Crippen LogP contribution in [0, 0.1) is 5.92 Å². The average molecular weight is 509 g/mol. The van der Waals surface area contributed by atoms with Crippen molar-refractivity contribution in [3.63, 3.8) is 0 Å². The first kappa shape index (κ1) is 27.4. The van der Waals surface area contributed by atoms with E-state index in [0.717, 1.165) is 11.1 Å². The van der Waals surface area contributed by atoms with Gasteiger partial charge >= 0.3 is 5.97 Å². The third kappa shape index (κ3) is 7.16. The first-order chi connectivity index (χ1) is 17.6. The molecule has 1 heterocycles. The number of carboxylic acid groups (broad SMARTS) is 1. The van der Waals surface area contributed by atoms with Gasteiger partial charge in [0.25, 0.3) is 0 Å². The number of carbonyl (C=O) groups is 5. The molecule has 0 fully saturated rings. The van der Waals surface area contributed by atoms with E-state index >= 15 is 0 Å². The number of fused-ring (bicyclic) bond motifs is 1. The highest BCUT2D eigenvalue weighted by Gasteiger charge is 2.32. The molecule has 10 heteroatoms. The molecule has 2 aromatic carbocycles. The lowest BCUT2D eigenvalue weighted by Crippen LogP contribution is -2.58. The van der Waals surface area contributed by atoms with Crippen LogP contribution in [-0.4, -0.2) is 52.8 Å². The molecule has 37 heavy (non-hydrogen) atoms. The number of carboxylic acids is 1. The van der Waals surface area contributed by atoms with Crippen molar-refractivity contribution in [2.75, 3.05) is 5.32 Å². The van der Waals surface area contributed by atoms with Gasteiger partial charge in [0.1, 0.15) is 12.1 Å². The summed E-state index contributed by atoms with van der Waals surface area (Å²) in [5, 5.41) is 19.9. The Labute approximate surface area is 215 Å². The van der Waals surface area contributed by atoms with Crippen LogP contribution in [-0.2, 0) is 32.0 Å². The lowest BCUT2D eigenvalue weighted by molar-refractivity contribution is -0.137. The summed E-state index contributed by atoms with van der Waals surface area (Å²) in [5.74, 6) is -3.30. The zero-order chi connectivity index (χ0) is 27.1. The van der Waals surface area contributed by atoms with Gasteiger partial charge in [-0.15, -0.1) is 0 Å². The third-order valence-corrected chi connectivity index (χ3v) is 6.36. The van der Waals surface area contributed by atoms with Gasteiger partial charge in [-0.2, -0.15) is 0 Å². The van der Waals surface area contributed by atoms with Crippen molar-refractivity contribution in [1.82, 2.24) is 16.0 Å².